The van der Waals surface area contributed by atoms with Crippen LogP contribution in [0.5, 0.6) is 0 Å². The van der Waals surface area contributed by atoms with Gasteiger partial charge in [0.05, 0.1) is 12.7 Å². The fourth-order valence-electron chi connectivity index (χ4n) is 1.63. The Morgan fingerprint density at radius 3 is 2.85 bits per heavy atom. The second-order valence-electron chi connectivity index (χ2n) is 3.45. The number of rotatable bonds is 1. The standard InChI is InChI=1S/C9H15N4/c10-8-1-5-13(6-2-8)9-7-11-3-4-12-9/h3-4,7-8,12H,1-2,5-6,10H2. The molecule has 0 amide bonds. The summed E-state index contributed by atoms with van der Waals surface area (Å²) >= 11 is 0. The van der Waals surface area contributed by atoms with Crippen LogP contribution in [0.2, 0.25) is 0 Å². The summed E-state index contributed by atoms with van der Waals surface area (Å²) in [6.07, 6.45) is 5.75. The van der Waals surface area contributed by atoms with E-state index in [1.165, 1.54) is 0 Å². The van der Waals surface area contributed by atoms with Crippen molar-refractivity contribution in [1.29, 1.82) is 0 Å². The zero-order valence-electron chi connectivity index (χ0n) is 7.61. The van der Waals surface area contributed by atoms with Gasteiger partial charge in [-0.15, -0.1) is 0 Å². The van der Waals surface area contributed by atoms with Gasteiger partial charge in [0.1, 0.15) is 5.82 Å². The van der Waals surface area contributed by atoms with Crippen molar-refractivity contribution in [2.24, 2.45) is 10.7 Å². The molecule has 2 rings (SSSR count). The van der Waals surface area contributed by atoms with Gasteiger partial charge in [-0.25, -0.2) is 0 Å². The van der Waals surface area contributed by atoms with E-state index in [-0.39, 0.29) is 0 Å². The average Bonchev–Trinajstić information content (AvgIpc) is 2.20. The average molecular weight is 179 g/mol. The van der Waals surface area contributed by atoms with Gasteiger partial charge in [-0.1, -0.05) is 0 Å². The normalized spacial score (nSPS) is 24.1. The van der Waals surface area contributed by atoms with E-state index in [1.54, 1.807) is 6.21 Å². The molecular formula is C9H15N4. The lowest BCUT2D eigenvalue weighted by molar-refractivity contribution is 0.252. The molecule has 0 aromatic carbocycles. The van der Waals surface area contributed by atoms with Crippen molar-refractivity contribution in [3.8, 4) is 0 Å². The Kier molecular flexibility index (Phi) is 2.49. The van der Waals surface area contributed by atoms with E-state index in [1.807, 2.05) is 12.7 Å². The summed E-state index contributed by atoms with van der Waals surface area (Å²) in [5.41, 5.74) is 5.82. The SMILES string of the molecule is NC1CCN(C2=CN=C[CH]N2)CC1. The third-order valence-electron chi connectivity index (χ3n) is 2.47. The maximum atomic E-state index is 5.82. The van der Waals surface area contributed by atoms with Gasteiger partial charge >= 0.3 is 0 Å². The molecule has 0 aromatic rings. The van der Waals surface area contributed by atoms with Crippen LogP contribution in [0.25, 0.3) is 0 Å². The molecule has 71 valence electrons. The van der Waals surface area contributed by atoms with Crippen molar-refractivity contribution in [3.63, 3.8) is 0 Å². The van der Waals surface area contributed by atoms with Crippen LogP contribution in [-0.2, 0) is 0 Å². The molecule has 0 saturated carbocycles. The maximum absolute atomic E-state index is 5.82. The highest BCUT2D eigenvalue weighted by molar-refractivity contribution is 5.69. The van der Waals surface area contributed by atoms with E-state index < -0.39 is 0 Å². The zero-order chi connectivity index (χ0) is 9.10. The van der Waals surface area contributed by atoms with Crippen LogP contribution >= 0.6 is 0 Å². The summed E-state index contributed by atoms with van der Waals surface area (Å²) in [6.45, 7) is 3.91. The fourth-order valence-corrected chi connectivity index (χ4v) is 1.63. The molecule has 0 atom stereocenters. The molecule has 4 nitrogen and oxygen atoms in total. The number of aliphatic imine (C=N–C) groups is 1. The Bertz CT molecular complexity index is 226. The molecule has 1 radical (unpaired) electrons. The molecule has 2 aliphatic rings. The van der Waals surface area contributed by atoms with Crippen LogP contribution in [0.3, 0.4) is 0 Å². The molecule has 0 bridgehead atoms. The molecule has 0 aromatic heterocycles. The van der Waals surface area contributed by atoms with Crippen LogP contribution in [0.15, 0.2) is 17.0 Å². The van der Waals surface area contributed by atoms with Crippen molar-refractivity contribution in [2.75, 3.05) is 13.1 Å². The lowest BCUT2D eigenvalue weighted by atomic mass is 10.1. The first-order valence-corrected chi connectivity index (χ1v) is 4.68. The number of nitrogens with two attached hydrogens (primary N) is 1. The monoisotopic (exact) mass is 179 g/mol. The Balaban J connectivity index is 1.93. The van der Waals surface area contributed by atoms with Gasteiger partial charge in [-0.05, 0) is 12.8 Å². The Hall–Kier alpha value is -1.03. The Morgan fingerprint density at radius 2 is 2.23 bits per heavy atom. The molecule has 1 fully saturated rings. The molecule has 0 aliphatic carbocycles. The van der Waals surface area contributed by atoms with E-state index in [0.717, 1.165) is 31.8 Å². The van der Waals surface area contributed by atoms with Crippen molar-refractivity contribution < 1.29 is 0 Å². The molecule has 3 N–H and O–H groups in total. The van der Waals surface area contributed by atoms with E-state index in [4.69, 9.17) is 5.73 Å². The predicted molar refractivity (Wildman–Crippen MR) is 52.8 cm³/mol. The van der Waals surface area contributed by atoms with Gasteiger partial charge in [-0.2, -0.15) is 0 Å². The van der Waals surface area contributed by atoms with Crippen LogP contribution in [0.4, 0.5) is 0 Å². The number of hydrogen-bond acceptors (Lipinski definition) is 4. The summed E-state index contributed by atoms with van der Waals surface area (Å²) < 4.78 is 0. The number of hydrogen-bond donors (Lipinski definition) is 2. The molecule has 1 saturated heterocycles. The highest BCUT2D eigenvalue weighted by Gasteiger charge is 2.18. The minimum Gasteiger partial charge on any atom is -0.360 e. The van der Waals surface area contributed by atoms with Gasteiger partial charge < -0.3 is 16.0 Å². The summed E-state index contributed by atoms with van der Waals surface area (Å²) in [5, 5.41) is 3.18. The summed E-state index contributed by atoms with van der Waals surface area (Å²) in [7, 11) is 0. The molecular weight excluding hydrogens is 164 g/mol. The van der Waals surface area contributed by atoms with Crippen LogP contribution in [0, 0.1) is 6.54 Å². The van der Waals surface area contributed by atoms with Gasteiger partial charge in [0.2, 0.25) is 0 Å². The number of piperidine rings is 1. The number of likely N-dealkylation sites (tertiary alicyclic amines) is 1. The van der Waals surface area contributed by atoms with Crippen molar-refractivity contribution in [3.05, 3.63) is 18.6 Å². The van der Waals surface area contributed by atoms with Gasteiger partial charge in [0.15, 0.2) is 0 Å². The van der Waals surface area contributed by atoms with Crippen LogP contribution < -0.4 is 11.1 Å². The topological polar surface area (TPSA) is 53.6 Å². The lowest BCUT2D eigenvalue weighted by Gasteiger charge is -2.34. The summed E-state index contributed by atoms with van der Waals surface area (Å²) in [6, 6.07) is 0.382. The van der Waals surface area contributed by atoms with Crippen molar-refractivity contribution in [2.45, 2.75) is 18.9 Å². The van der Waals surface area contributed by atoms with Crippen LogP contribution in [-0.4, -0.2) is 30.2 Å². The molecule has 13 heavy (non-hydrogen) atoms. The van der Waals surface area contributed by atoms with Gasteiger partial charge in [-0.3, -0.25) is 4.99 Å². The molecule has 2 heterocycles. The van der Waals surface area contributed by atoms with E-state index in [9.17, 15) is 0 Å². The van der Waals surface area contributed by atoms with Crippen molar-refractivity contribution >= 4 is 6.21 Å². The van der Waals surface area contributed by atoms with E-state index >= 15 is 0 Å². The van der Waals surface area contributed by atoms with E-state index in [2.05, 4.69) is 15.2 Å². The minimum atomic E-state index is 0.382. The third-order valence-corrected chi connectivity index (χ3v) is 2.47. The first kappa shape index (κ1) is 8.56. The highest BCUT2D eigenvalue weighted by Crippen LogP contribution is 2.13. The molecule has 4 heteroatoms. The number of nitrogens with zero attached hydrogens (tertiary/aromatic N) is 2. The van der Waals surface area contributed by atoms with Gasteiger partial charge in [0, 0.05) is 25.3 Å². The smallest absolute Gasteiger partial charge is 0.121 e. The summed E-state index contributed by atoms with van der Waals surface area (Å²) in [5.74, 6) is 1.09. The predicted octanol–water partition coefficient (Wildman–Crippen LogP) is 0.0442. The fraction of sp³-hybridized carbons (Fsp3) is 0.556. The third kappa shape index (κ3) is 2.01. The highest BCUT2D eigenvalue weighted by atomic mass is 15.3. The quantitative estimate of drug-likeness (QED) is 0.598. The van der Waals surface area contributed by atoms with E-state index in [0.29, 0.717) is 6.04 Å². The maximum Gasteiger partial charge on any atom is 0.121 e. The Labute approximate surface area is 78.5 Å². The lowest BCUT2D eigenvalue weighted by Crippen LogP contribution is -2.42. The van der Waals surface area contributed by atoms with Crippen molar-refractivity contribution in [1.82, 2.24) is 10.2 Å². The zero-order valence-corrected chi connectivity index (χ0v) is 7.61. The molecule has 0 spiro atoms. The largest absolute Gasteiger partial charge is 0.360 e. The Morgan fingerprint density at radius 1 is 1.46 bits per heavy atom. The molecule has 0 unspecified atom stereocenters. The van der Waals surface area contributed by atoms with Crippen LogP contribution in [0.1, 0.15) is 12.8 Å². The van der Waals surface area contributed by atoms with Gasteiger partial charge in [0.25, 0.3) is 0 Å². The number of nitrogens with one attached hydrogen (secondary N) is 1. The first-order valence-electron chi connectivity index (χ1n) is 4.68. The first-order chi connectivity index (χ1) is 6.36. The second-order valence-corrected chi connectivity index (χ2v) is 3.45. The minimum absolute atomic E-state index is 0.382. The molecule has 2 aliphatic heterocycles. The summed E-state index contributed by atoms with van der Waals surface area (Å²) in [4.78, 5) is 6.36. The second kappa shape index (κ2) is 3.79.